The van der Waals surface area contributed by atoms with Gasteiger partial charge < -0.3 is 15.3 Å². The maximum Gasteiger partial charge on any atom is 0.317 e. The molecule has 6 heteroatoms. The Kier molecular flexibility index (Phi) is 5.56. The molecule has 1 aromatic rings. The second-order valence-corrected chi connectivity index (χ2v) is 6.73. The van der Waals surface area contributed by atoms with Gasteiger partial charge in [-0.1, -0.05) is 20.8 Å². The number of nitrogens with one attached hydrogen (secondary N) is 1. The highest BCUT2D eigenvalue weighted by molar-refractivity contribution is 7.07. The first-order valence-corrected chi connectivity index (χ1v) is 7.39. The van der Waals surface area contributed by atoms with Gasteiger partial charge in [0, 0.05) is 19.6 Å². The van der Waals surface area contributed by atoms with Crippen LogP contribution in [0.4, 0.5) is 4.79 Å². The third kappa shape index (κ3) is 5.21. The van der Waals surface area contributed by atoms with Gasteiger partial charge in [-0.05, 0) is 27.8 Å². The molecule has 2 N–H and O–H groups in total. The van der Waals surface area contributed by atoms with E-state index in [0.717, 1.165) is 5.56 Å². The molecule has 0 spiro atoms. The lowest BCUT2D eigenvalue weighted by atomic mass is 9.85. The summed E-state index contributed by atoms with van der Waals surface area (Å²) < 4.78 is 0. The van der Waals surface area contributed by atoms with Gasteiger partial charge in [0.2, 0.25) is 0 Å². The van der Waals surface area contributed by atoms with Gasteiger partial charge >= 0.3 is 12.0 Å². The normalized spacial score (nSPS) is 12.8. The minimum absolute atomic E-state index is 0.0818. The Hall–Kier alpha value is -1.56. The first-order chi connectivity index (χ1) is 9.20. The molecule has 0 aliphatic carbocycles. The summed E-state index contributed by atoms with van der Waals surface area (Å²) >= 11 is 1.58. The molecule has 0 bridgehead atoms. The molecule has 1 atom stereocenters. The lowest BCUT2D eigenvalue weighted by Gasteiger charge is -2.32. The average molecular weight is 298 g/mol. The Labute approximate surface area is 123 Å². The molecule has 0 aromatic carbocycles. The zero-order valence-corrected chi connectivity index (χ0v) is 13.2. The van der Waals surface area contributed by atoms with Crippen molar-refractivity contribution in [2.24, 2.45) is 5.41 Å². The van der Waals surface area contributed by atoms with Crippen molar-refractivity contribution in [1.29, 1.82) is 0 Å². The molecule has 20 heavy (non-hydrogen) atoms. The highest BCUT2D eigenvalue weighted by atomic mass is 32.1. The minimum atomic E-state index is -0.911. The topological polar surface area (TPSA) is 69.6 Å². The van der Waals surface area contributed by atoms with Gasteiger partial charge in [-0.25, -0.2) is 4.79 Å². The highest BCUT2D eigenvalue weighted by Crippen LogP contribution is 2.22. The van der Waals surface area contributed by atoms with Gasteiger partial charge in [-0.2, -0.15) is 11.3 Å². The molecule has 0 aliphatic heterocycles. The Bertz CT molecular complexity index is 451. The van der Waals surface area contributed by atoms with Crippen molar-refractivity contribution in [2.45, 2.75) is 39.8 Å². The fraction of sp³-hybridized carbons (Fsp3) is 0.571. The number of carbonyl (C=O) groups excluding carboxylic acids is 1. The van der Waals surface area contributed by atoms with E-state index in [-0.39, 0.29) is 17.9 Å². The summed E-state index contributed by atoms with van der Waals surface area (Å²) in [6, 6.07) is 1.31. The zero-order chi connectivity index (χ0) is 15.3. The number of aliphatic carboxylic acids is 1. The van der Waals surface area contributed by atoms with Crippen LogP contribution in [0.2, 0.25) is 0 Å². The summed E-state index contributed by atoms with van der Waals surface area (Å²) in [5, 5.41) is 15.7. The second kappa shape index (κ2) is 6.74. The maximum atomic E-state index is 12.1. The number of nitrogens with zero attached hydrogens (tertiary/aromatic N) is 1. The summed E-state index contributed by atoms with van der Waals surface area (Å²) in [4.78, 5) is 24.6. The van der Waals surface area contributed by atoms with Gasteiger partial charge in [-0.15, -0.1) is 0 Å². The summed E-state index contributed by atoms with van der Waals surface area (Å²) in [5.41, 5.74) is 0.760. The van der Waals surface area contributed by atoms with Crippen molar-refractivity contribution >= 4 is 23.3 Å². The van der Waals surface area contributed by atoms with Crippen LogP contribution < -0.4 is 5.32 Å². The molecule has 1 unspecified atom stereocenters. The molecule has 0 radical (unpaired) electrons. The predicted molar refractivity (Wildman–Crippen MR) is 79.8 cm³/mol. The number of carbonyl (C=O) groups is 2. The van der Waals surface area contributed by atoms with Crippen LogP contribution in [0, 0.1) is 5.41 Å². The van der Waals surface area contributed by atoms with Crippen LogP contribution in [-0.2, 0) is 11.3 Å². The molecule has 0 fully saturated rings. The van der Waals surface area contributed by atoms with E-state index in [2.05, 4.69) is 5.32 Å². The smallest absolute Gasteiger partial charge is 0.317 e. The van der Waals surface area contributed by atoms with Crippen molar-refractivity contribution < 1.29 is 14.7 Å². The molecular formula is C14H22N2O3S. The molecule has 0 aliphatic rings. The number of amides is 2. The largest absolute Gasteiger partial charge is 0.481 e. The summed E-state index contributed by atoms with van der Waals surface area (Å²) in [6.07, 6.45) is -0.0818. The zero-order valence-electron chi connectivity index (χ0n) is 12.3. The van der Waals surface area contributed by atoms with E-state index in [0.29, 0.717) is 6.54 Å². The van der Waals surface area contributed by atoms with Crippen molar-refractivity contribution in [2.75, 3.05) is 7.05 Å². The van der Waals surface area contributed by atoms with E-state index in [1.54, 1.807) is 23.3 Å². The fourth-order valence-electron chi connectivity index (χ4n) is 1.74. The molecule has 1 heterocycles. The second-order valence-electron chi connectivity index (χ2n) is 5.95. The van der Waals surface area contributed by atoms with Crippen molar-refractivity contribution in [3.8, 4) is 0 Å². The van der Waals surface area contributed by atoms with Crippen LogP contribution in [-0.4, -0.2) is 35.1 Å². The van der Waals surface area contributed by atoms with Gasteiger partial charge in [-0.3, -0.25) is 4.79 Å². The molecule has 0 saturated heterocycles. The van der Waals surface area contributed by atoms with Crippen molar-refractivity contribution in [3.63, 3.8) is 0 Å². The number of urea groups is 1. The first kappa shape index (κ1) is 16.5. The van der Waals surface area contributed by atoms with Crippen LogP contribution in [0.15, 0.2) is 16.8 Å². The Morgan fingerprint density at radius 1 is 1.45 bits per heavy atom. The quantitative estimate of drug-likeness (QED) is 0.878. The Balaban J connectivity index is 2.63. The minimum Gasteiger partial charge on any atom is -0.481 e. The van der Waals surface area contributed by atoms with Crippen molar-refractivity contribution in [3.05, 3.63) is 22.4 Å². The monoisotopic (exact) mass is 298 g/mol. The molecular weight excluding hydrogens is 276 g/mol. The molecule has 0 saturated carbocycles. The molecule has 2 amide bonds. The lowest BCUT2D eigenvalue weighted by Crippen LogP contribution is -2.49. The molecule has 112 valence electrons. The number of carboxylic acid groups (broad SMARTS) is 1. The molecule has 1 aromatic heterocycles. The number of thiophene rings is 1. The number of carboxylic acids is 1. The third-order valence-corrected chi connectivity index (χ3v) is 3.80. The Morgan fingerprint density at radius 3 is 2.55 bits per heavy atom. The van der Waals surface area contributed by atoms with E-state index in [4.69, 9.17) is 5.11 Å². The van der Waals surface area contributed by atoms with Crippen LogP contribution >= 0.6 is 11.3 Å². The van der Waals surface area contributed by atoms with Crippen LogP contribution in [0.3, 0.4) is 0 Å². The fourth-order valence-corrected chi connectivity index (χ4v) is 2.40. The van der Waals surface area contributed by atoms with Crippen molar-refractivity contribution in [1.82, 2.24) is 10.2 Å². The van der Waals surface area contributed by atoms with E-state index in [1.807, 2.05) is 37.6 Å². The van der Waals surface area contributed by atoms with Gasteiger partial charge in [0.05, 0.1) is 6.42 Å². The first-order valence-electron chi connectivity index (χ1n) is 6.44. The summed E-state index contributed by atoms with van der Waals surface area (Å²) in [6.45, 7) is 6.26. The summed E-state index contributed by atoms with van der Waals surface area (Å²) in [5.74, 6) is -0.911. The number of rotatable bonds is 5. The maximum absolute atomic E-state index is 12.1. The Morgan fingerprint density at radius 2 is 2.10 bits per heavy atom. The number of hydrogen-bond acceptors (Lipinski definition) is 3. The van der Waals surface area contributed by atoms with E-state index in [9.17, 15) is 9.59 Å². The predicted octanol–water partition coefficient (Wildman–Crippen LogP) is 2.78. The van der Waals surface area contributed by atoms with E-state index in [1.165, 1.54) is 0 Å². The van der Waals surface area contributed by atoms with E-state index >= 15 is 0 Å². The summed E-state index contributed by atoms with van der Waals surface area (Å²) in [7, 11) is 1.70. The van der Waals surface area contributed by atoms with E-state index < -0.39 is 12.0 Å². The molecule has 1 rings (SSSR count). The van der Waals surface area contributed by atoms with Crippen LogP contribution in [0.5, 0.6) is 0 Å². The highest BCUT2D eigenvalue weighted by Gasteiger charge is 2.29. The standard InChI is InChI=1S/C14H22N2O3S/c1-14(2,3)11(7-12(17)18)15-13(19)16(4)8-10-5-6-20-9-10/h5-6,9,11H,7-8H2,1-4H3,(H,15,19)(H,17,18). The van der Waals surface area contributed by atoms with Gasteiger partial charge in [0.15, 0.2) is 0 Å². The van der Waals surface area contributed by atoms with Gasteiger partial charge in [0.1, 0.15) is 0 Å². The number of hydrogen-bond donors (Lipinski definition) is 2. The van der Waals surface area contributed by atoms with Crippen LogP contribution in [0.1, 0.15) is 32.8 Å². The van der Waals surface area contributed by atoms with Gasteiger partial charge in [0.25, 0.3) is 0 Å². The third-order valence-electron chi connectivity index (χ3n) is 3.07. The van der Waals surface area contributed by atoms with Crippen LogP contribution in [0.25, 0.3) is 0 Å². The lowest BCUT2D eigenvalue weighted by molar-refractivity contribution is -0.138. The SMILES string of the molecule is CN(Cc1ccsc1)C(=O)NC(CC(=O)O)C(C)(C)C. The molecule has 5 nitrogen and oxygen atoms in total. The average Bonchev–Trinajstić information content (AvgIpc) is 2.78.